The Morgan fingerprint density at radius 3 is 1.32 bits per heavy atom. The first-order valence-corrected chi connectivity index (χ1v) is 14.3. The lowest BCUT2D eigenvalue weighted by atomic mass is 9.70. The Kier molecular flexibility index (Phi) is 7.79. The molecule has 0 saturated heterocycles. The zero-order valence-electron chi connectivity index (χ0n) is 23.9. The summed E-state index contributed by atoms with van der Waals surface area (Å²) in [4.78, 5) is 28.1. The van der Waals surface area contributed by atoms with Gasteiger partial charge in [-0.1, -0.05) is 104 Å². The Balaban J connectivity index is 1.63. The average molecular weight is 507 g/mol. The van der Waals surface area contributed by atoms with E-state index in [-0.39, 0.29) is 47.4 Å². The van der Waals surface area contributed by atoms with Crippen molar-refractivity contribution in [1.29, 1.82) is 0 Å². The van der Waals surface area contributed by atoms with Crippen molar-refractivity contribution in [2.45, 2.75) is 73.0 Å². The maximum Gasteiger partial charge on any atom is 0.311 e. The zero-order valence-corrected chi connectivity index (χ0v) is 23.9. The molecule has 4 aliphatic carbocycles. The number of allylic oxidation sites excluding steroid dienone is 6. The Labute approximate surface area is 223 Å². The Morgan fingerprint density at radius 1 is 0.622 bits per heavy atom. The quantitative estimate of drug-likeness (QED) is 0.260. The Bertz CT molecular complexity index is 945. The van der Waals surface area contributed by atoms with Crippen LogP contribution in [0.4, 0.5) is 0 Å². The number of fused-ring (bicyclic) bond motifs is 2. The molecule has 0 aromatic rings. The normalized spacial score (nSPS) is 37.9. The number of rotatable bonds is 8. The van der Waals surface area contributed by atoms with Crippen LogP contribution < -0.4 is 0 Å². The molecule has 202 valence electrons. The van der Waals surface area contributed by atoms with Crippen LogP contribution in [0.2, 0.25) is 0 Å². The highest BCUT2D eigenvalue weighted by atomic mass is 16.6. The van der Waals surface area contributed by atoms with Crippen molar-refractivity contribution in [3.8, 4) is 0 Å². The van der Waals surface area contributed by atoms with E-state index in [0.29, 0.717) is 11.8 Å². The Morgan fingerprint density at radius 2 is 1.00 bits per heavy atom. The minimum atomic E-state index is -0.723. The number of hydrogen-bond acceptors (Lipinski definition) is 4. The molecule has 1 fully saturated rings. The number of esters is 2. The van der Waals surface area contributed by atoms with Gasteiger partial charge in [-0.2, -0.15) is 0 Å². The van der Waals surface area contributed by atoms with Gasteiger partial charge in [0, 0.05) is 11.8 Å². The van der Waals surface area contributed by atoms with Crippen molar-refractivity contribution in [3.05, 3.63) is 60.8 Å². The van der Waals surface area contributed by atoms with Crippen molar-refractivity contribution in [3.63, 3.8) is 0 Å². The lowest BCUT2D eigenvalue weighted by Gasteiger charge is -2.45. The molecule has 4 nitrogen and oxygen atoms in total. The third-order valence-corrected chi connectivity index (χ3v) is 9.41. The highest BCUT2D eigenvalue weighted by molar-refractivity contribution is 5.85. The molecule has 0 aliphatic heterocycles. The van der Waals surface area contributed by atoms with Crippen LogP contribution in [0.1, 0.15) is 61.8 Å². The van der Waals surface area contributed by atoms with E-state index in [2.05, 4.69) is 91.8 Å². The first kappa shape index (κ1) is 27.7. The van der Waals surface area contributed by atoms with Crippen LogP contribution in [-0.4, -0.2) is 23.1 Å². The minimum absolute atomic E-state index is 0.0116. The molecule has 2 bridgehead atoms. The highest BCUT2D eigenvalue weighted by Gasteiger charge is 2.57. The molecule has 0 aromatic heterocycles. The zero-order chi connectivity index (χ0) is 27.1. The molecule has 8 atom stereocenters. The maximum absolute atomic E-state index is 14.0. The summed E-state index contributed by atoms with van der Waals surface area (Å²) in [5.74, 6) is -0.580. The van der Waals surface area contributed by atoms with Crippen LogP contribution in [0.25, 0.3) is 0 Å². The predicted octanol–water partition coefficient (Wildman–Crippen LogP) is 7.10. The van der Waals surface area contributed by atoms with Crippen LogP contribution in [0, 0.1) is 59.2 Å². The fourth-order valence-electron chi connectivity index (χ4n) is 7.33. The second-order valence-electron chi connectivity index (χ2n) is 12.9. The van der Waals surface area contributed by atoms with E-state index in [0.717, 1.165) is 6.42 Å². The standard InChI is InChI=1S/C33H46O4/c1-20(2)26-13-9-11-17-32(26,22(5)6)36-30(34)28-24-15-16-25(19-24)29(28)31(35)37-33(23(7)8)18-12-10-14-27(33)21(3)4/h9-18,20-29H,19H2,1-8H3. The molecule has 4 aliphatic rings. The van der Waals surface area contributed by atoms with Gasteiger partial charge in [-0.05, 0) is 54.1 Å². The van der Waals surface area contributed by atoms with Gasteiger partial charge >= 0.3 is 11.9 Å². The van der Waals surface area contributed by atoms with Crippen molar-refractivity contribution in [2.75, 3.05) is 0 Å². The number of hydrogen-bond donors (Lipinski definition) is 0. The third kappa shape index (κ3) is 4.70. The summed E-state index contributed by atoms with van der Waals surface area (Å²) in [6, 6.07) is 0. The molecular weight excluding hydrogens is 460 g/mol. The van der Waals surface area contributed by atoms with Gasteiger partial charge in [0.25, 0.3) is 0 Å². The summed E-state index contributed by atoms with van der Waals surface area (Å²) < 4.78 is 13.0. The van der Waals surface area contributed by atoms with Crippen LogP contribution in [0.3, 0.4) is 0 Å². The van der Waals surface area contributed by atoms with Gasteiger partial charge in [-0.15, -0.1) is 0 Å². The van der Waals surface area contributed by atoms with Gasteiger partial charge < -0.3 is 9.47 Å². The van der Waals surface area contributed by atoms with E-state index < -0.39 is 23.0 Å². The van der Waals surface area contributed by atoms with Crippen LogP contribution >= 0.6 is 0 Å². The lowest BCUT2D eigenvalue weighted by Crippen LogP contribution is -2.52. The molecule has 4 heteroatoms. The van der Waals surface area contributed by atoms with E-state index >= 15 is 0 Å². The molecular formula is C33H46O4. The highest BCUT2D eigenvalue weighted by Crippen LogP contribution is 2.52. The van der Waals surface area contributed by atoms with E-state index in [1.807, 2.05) is 24.3 Å². The van der Waals surface area contributed by atoms with E-state index in [9.17, 15) is 9.59 Å². The van der Waals surface area contributed by atoms with Gasteiger partial charge in [0.2, 0.25) is 0 Å². The lowest BCUT2D eigenvalue weighted by molar-refractivity contribution is -0.183. The molecule has 0 N–H and O–H groups in total. The van der Waals surface area contributed by atoms with E-state index in [4.69, 9.17) is 9.47 Å². The summed E-state index contributed by atoms with van der Waals surface area (Å²) in [6.45, 7) is 17.1. The minimum Gasteiger partial charge on any atom is -0.454 e. The van der Waals surface area contributed by atoms with Crippen molar-refractivity contribution in [1.82, 2.24) is 0 Å². The first-order chi connectivity index (χ1) is 17.4. The van der Waals surface area contributed by atoms with Crippen LogP contribution in [0.5, 0.6) is 0 Å². The average Bonchev–Trinajstić information content (AvgIpc) is 3.46. The van der Waals surface area contributed by atoms with E-state index in [1.54, 1.807) is 0 Å². The second kappa shape index (κ2) is 10.4. The van der Waals surface area contributed by atoms with Crippen LogP contribution in [0.15, 0.2) is 60.8 Å². The summed E-state index contributed by atoms with van der Waals surface area (Å²) >= 11 is 0. The third-order valence-electron chi connectivity index (χ3n) is 9.41. The first-order valence-electron chi connectivity index (χ1n) is 14.3. The summed E-state index contributed by atoms with van der Waals surface area (Å²) in [5, 5.41) is 0. The topological polar surface area (TPSA) is 52.6 Å². The van der Waals surface area contributed by atoms with Crippen molar-refractivity contribution in [2.24, 2.45) is 59.2 Å². The van der Waals surface area contributed by atoms with Gasteiger partial charge in [0.1, 0.15) is 11.2 Å². The fraction of sp³-hybridized carbons (Fsp3) is 0.636. The smallest absolute Gasteiger partial charge is 0.311 e. The van der Waals surface area contributed by atoms with Gasteiger partial charge in [-0.25, -0.2) is 0 Å². The molecule has 0 radical (unpaired) electrons. The fourth-order valence-corrected chi connectivity index (χ4v) is 7.33. The molecule has 0 amide bonds. The molecule has 4 rings (SSSR count). The maximum atomic E-state index is 14.0. The summed E-state index contributed by atoms with van der Waals surface area (Å²) in [7, 11) is 0. The van der Waals surface area contributed by atoms with Gasteiger partial charge in [0.05, 0.1) is 11.8 Å². The number of carbonyl (C=O) groups is 2. The SMILES string of the molecule is CC(C)C1C=CC=CC1(OC(=O)C1C2C=CC(C2)C1C(=O)OC1(C(C)C)C=CC=CC1C(C)C)C(C)C. The molecule has 0 heterocycles. The summed E-state index contributed by atoms with van der Waals surface area (Å²) in [6.07, 6.45) is 21.5. The monoisotopic (exact) mass is 506 g/mol. The van der Waals surface area contributed by atoms with E-state index in [1.165, 1.54) is 0 Å². The van der Waals surface area contributed by atoms with Gasteiger partial charge in [0.15, 0.2) is 0 Å². The largest absolute Gasteiger partial charge is 0.454 e. The summed E-state index contributed by atoms with van der Waals surface area (Å²) in [5.41, 5.74) is -1.45. The van der Waals surface area contributed by atoms with Crippen LogP contribution in [-0.2, 0) is 19.1 Å². The molecule has 0 aromatic carbocycles. The van der Waals surface area contributed by atoms with Crippen molar-refractivity contribution < 1.29 is 19.1 Å². The predicted molar refractivity (Wildman–Crippen MR) is 148 cm³/mol. The number of ether oxygens (including phenoxy) is 2. The molecule has 37 heavy (non-hydrogen) atoms. The number of carbonyl (C=O) groups excluding carboxylic acids is 2. The second-order valence-corrected chi connectivity index (χ2v) is 12.9. The molecule has 8 unspecified atom stereocenters. The molecule has 1 saturated carbocycles. The molecule has 0 spiro atoms. The van der Waals surface area contributed by atoms with Crippen molar-refractivity contribution >= 4 is 11.9 Å². The Hall–Kier alpha value is -2.36. The van der Waals surface area contributed by atoms with Gasteiger partial charge in [-0.3, -0.25) is 9.59 Å².